The molecule has 0 amide bonds. The van der Waals surface area contributed by atoms with Crippen LogP contribution in [0.5, 0.6) is 11.5 Å². The average molecular weight is 1130 g/mol. The number of aromatic nitrogens is 6. The number of hydrogen-bond acceptors (Lipinski definition) is 20. The van der Waals surface area contributed by atoms with Gasteiger partial charge >= 0.3 is 5.69 Å². The van der Waals surface area contributed by atoms with Gasteiger partial charge in [-0.2, -0.15) is 4.39 Å². The molecule has 0 fully saturated rings. The molecular formula is C52H63FN14O10S2. The smallest absolute Gasteiger partial charge is 0.307 e. The maximum Gasteiger partial charge on any atom is 0.307 e. The molecule has 420 valence electrons. The largest absolute Gasteiger partial charge is 0.494 e. The summed E-state index contributed by atoms with van der Waals surface area (Å²) in [6.45, 7) is 6.65. The maximum atomic E-state index is 13.9. The van der Waals surface area contributed by atoms with Crippen LogP contribution in [0.2, 0.25) is 0 Å². The Bertz CT molecular complexity index is 3690. The zero-order valence-electron chi connectivity index (χ0n) is 45.3. The van der Waals surface area contributed by atoms with Crippen LogP contribution in [0.15, 0.2) is 110 Å². The maximum absolute atomic E-state index is 13.9. The summed E-state index contributed by atoms with van der Waals surface area (Å²) in [6.07, 6.45) is 6.04. The first kappa shape index (κ1) is 59.9. The summed E-state index contributed by atoms with van der Waals surface area (Å²) in [4.78, 5) is 45.2. The lowest BCUT2D eigenvalue weighted by atomic mass is 10.1. The van der Waals surface area contributed by atoms with Gasteiger partial charge in [-0.1, -0.05) is 36.4 Å². The SMILES string of the molecule is CCS(=O)(=O)n1cc(-c2ccnc(Nc3cc([N+](=O)[O-])c(F)cc3OC)n2)c2ccccc21.CCS(=O)(=O)n1cc(-c2ccnc(Nc3cc([N+](=O)[O-])c(N(C)CCN(C)C)cc3OC)n2)c2ccccc21.CNCCN(C)C. The third kappa shape index (κ3) is 14.4. The fraction of sp³-hybridized carbons (Fsp3) is 0.308. The minimum absolute atomic E-state index is 0.0257. The van der Waals surface area contributed by atoms with Crippen molar-refractivity contribution in [2.45, 2.75) is 13.8 Å². The van der Waals surface area contributed by atoms with Crippen LogP contribution in [0.25, 0.3) is 44.3 Å². The number of halogens is 1. The molecule has 24 nitrogen and oxygen atoms in total. The molecule has 0 spiro atoms. The van der Waals surface area contributed by atoms with Crippen molar-refractivity contribution in [1.29, 1.82) is 0 Å². The molecule has 0 aliphatic carbocycles. The van der Waals surface area contributed by atoms with Gasteiger partial charge < -0.3 is 40.1 Å². The van der Waals surface area contributed by atoms with Gasteiger partial charge in [-0.05, 0) is 73.4 Å². The Balaban J connectivity index is 0.000000230. The van der Waals surface area contributed by atoms with Crippen molar-refractivity contribution < 1.29 is 40.5 Å². The molecule has 3 N–H and O–H groups in total. The van der Waals surface area contributed by atoms with Crippen LogP contribution in [-0.2, 0) is 20.0 Å². The van der Waals surface area contributed by atoms with Crippen LogP contribution in [0, 0.1) is 26.0 Å². The molecule has 0 saturated heterocycles. The lowest BCUT2D eigenvalue weighted by Gasteiger charge is -2.22. The second-order valence-corrected chi connectivity index (χ2v) is 22.3. The van der Waals surface area contributed by atoms with Crippen molar-refractivity contribution in [3.8, 4) is 34.0 Å². The Morgan fingerprint density at radius 2 is 1.08 bits per heavy atom. The number of anilines is 5. The van der Waals surface area contributed by atoms with E-state index in [1.54, 1.807) is 81.7 Å². The normalized spacial score (nSPS) is 11.5. The third-order valence-corrected chi connectivity index (χ3v) is 15.4. The van der Waals surface area contributed by atoms with Crippen LogP contribution in [0.1, 0.15) is 13.8 Å². The minimum Gasteiger partial charge on any atom is -0.494 e. The molecule has 4 aromatic carbocycles. The van der Waals surface area contributed by atoms with Crippen molar-refractivity contribution in [2.75, 3.05) is 110 Å². The molecule has 0 atom stereocenters. The van der Waals surface area contributed by atoms with E-state index in [1.807, 2.05) is 43.1 Å². The molecule has 0 saturated carbocycles. The van der Waals surface area contributed by atoms with Gasteiger partial charge in [0.05, 0.1) is 69.4 Å². The van der Waals surface area contributed by atoms with Gasteiger partial charge in [-0.3, -0.25) is 20.2 Å². The number of fused-ring (bicyclic) bond motifs is 2. The number of likely N-dealkylation sites (N-methyl/N-ethyl adjacent to an activating group) is 4. The Morgan fingerprint density at radius 3 is 1.48 bits per heavy atom. The molecule has 27 heteroatoms. The molecule has 0 aliphatic rings. The first-order valence-corrected chi connectivity index (χ1v) is 27.7. The highest BCUT2D eigenvalue weighted by Crippen LogP contribution is 2.40. The topological polar surface area (TPSA) is 280 Å². The minimum atomic E-state index is -3.55. The van der Waals surface area contributed by atoms with Crippen molar-refractivity contribution in [3.05, 3.63) is 136 Å². The Kier molecular flexibility index (Phi) is 19.9. The van der Waals surface area contributed by atoms with E-state index in [2.05, 4.69) is 54.9 Å². The van der Waals surface area contributed by atoms with Gasteiger partial charge in [0, 0.05) is 104 Å². The number of nitro benzene ring substituents is 2. The van der Waals surface area contributed by atoms with Gasteiger partial charge in [0.15, 0.2) is 0 Å². The van der Waals surface area contributed by atoms with Crippen LogP contribution in [-0.4, -0.2) is 159 Å². The summed E-state index contributed by atoms with van der Waals surface area (Å²) in [5.41, 5.74) is 3.16. The number of hydrogen-bond donors (Lipinski definition) is 3. The first-order chi connectivity index (χ1) is 37.6. The van der Waals surface area contributed by atoms with Gasteiger partial charge in [0.1, 0.15) is 17.2 Å². The fourth-order valence-corrected chi connectivity index (χ4v) is 9.86. The molecular weight excluding hydrogens is 1060 g/mol. The van der Waals surface area contributed by atoms with Crippen molar-refractivity contribution in [3.63, 3.8) is 0 Å². The van der Waals surface area contributed by atoms with Crippen LogP contribution < -0.4 is 30.3 Å². The summed E-state index contributed by atoms with van der Waals surface area (Å²) in [5, 5.41) is 33.4. The monoisotopic (exact) mass is 1130 g/mol. The number of nitrogens with zero attached hydrogens (tertiary/aromatic N) is 11. The molecule has 0 radical (unpaired) electrons. The second-order valence-electron chi connectivity index (χ2n) is 18.0. The molecule has 8 aromatic rings. The van der Waals surface area contributed by atoms with E-state index >= 15 is 0 Å². The standard InChI is InChI=1S/C26H31N7O5S.C21H18FN5O5S.C5H14N2/c1-6-39(36,37)32-17-19(18-9-7-8-10-22(18)32)20-11-12-27-26(28-20)29-21-15-24(33(34)35)23(16-25(21)38-5)31(4)14-13-30(2)3;1-3-33(30,31)26-12-14(13-6-4-5-7-18(13)26)16-8-9-23-21(24-16)25-17-11-19(27(28)29)15(22)10-20(17)32-2;1-6-4-5-7(2)3/h7-12,15-17H,6,13-14H2,1-5H3,(H,27,28,29);4-12H,3H2,1-2H3,(H,23,24,25);6H,4-5H2,1-3H3. The van der Waals surface area contributed by atoms with Crippen LogP contribution >= 0.6 is 0 Å². The lowest BCUT2D eigenvalue weighted by molar-refractivity contribution is -0.387. The summed E-state index contributed by atoms with van der Waals surface area (Å²) < 4.78 is 77.7. The van der Waals surface area contributed by atoms with Crippen molar-refractivity contribution in [2.24, 2.45) is 0 Å². The Labute approximate surface area is 457 Å². The van der Waals surface area contributed by atoms with E-state index in [1.165, 1.54) is 46.8 Å². The van der Waals surface area contributed by atoms with E-state index in [0.29, 0.717) is 69.1 Å². The highest BCUT2D eigenvalue weighted by Gasteiger charge is 2.25. The zero-order valence-corrected chi connectivity index (χ0v) is 47.0. The second kappa shape index (κ2) is 26.3. The molecule has 4 aromatic heterocycles. The van der Waals surface area contributed by atoms with Crippen molar-refractivity contribution >= 4 is 82.2 Å². The Hall–Kier alpha value is -8.37. The fourth-order valence-electron chi connectivity index (χ4n) is 7.86. The molecule has 0 aliphatic heterocycles. The predicted molar refractivity (Wildman–Crippen MR) is 306 cm³/mol. The van der Waals surface area contributed by atoms with E-state index in [0.717, 1.165) is 30.6 Å². The first-order valence-electron chi connectivity index (χ1n) is 24.5. The van der Waals surface area contributed by atoms with Gasteiger partial charge in [0.25, 0.3) is 5.69 Å². The molecule has 79 heavy (non-hydrogen) atoms. The molecule has 0 bridgehead atoms. The van der Waals surface area contributed by atoms with E-state index in [9.17, 15) is 41.5 Å². The lowest BCUT2D eigenvalue weighted by Crippen LogP contribution is -2.28. The molecule has 8 rings (SSSR count). The zero-order chi connectivity index (χ0) is 57.8. The number of rotatable bonds is 21. The van der Waals surface area contributed by atoms with E-state index < -0.39 is 41.4 Å². The van der Waals surface area contributed by atoms with Crippen molar-refractivity contribution in [1.82, 2.24) is 43.0 Å². The summed E-state index contributed by atoms with van der Waals surface area (Å²) in [7, 11) is 7.44. The number of nitro groups is 2. The summed E-state index contributed by atoms with van der Waals surface area (Å²) in [5.74, 6) is -0.539. The Morgan fingerprint density at radius 1 is 0.633 bits per heavy atom. The number of methoxy groups -OCH3 is 2. The average Bonchev–Trinajstić information content (AvgIpc) is 4.18. The van der Waals surface area contributed by atoms with Crippen LogP contribution in [0.3, 0.4) is 0 Å². The predicted octanol–water partition coefficient (Wildman–Crippen LogP) is 7.82. The summed E-state index contributed by atoms with van der Waals surface area (Å²) in [6, 6.07) is 22.4. The van der Waals surface area contributed by atoms with Gasteiger partial charge in [-0.15, -0.1) is 0 Å². The quantitative estimate of drug-likeness (QED) is 0.0456. The van der Waals surface area contributed by atoms with E-state index in [4.69, 9.17) is 9.47 Å². The highest BCUT2D eigenvalue weighted by atomic mass is 32.2. The number of ether oxygens (including phenoxy) is 2. The number of nitrogens with one attached hydrogen (secondary N) is 3. The van der Waals surface area contributed by atoms with Gasteiger partial charge in [0.2, 0.25) is 37.8 Å². The van der Waals surface area contributed by atoms with Crippen LogP contribution in [0.4, 0.5) is 44.7 Å². The number of para-hydroxylation sites is 2. The van der Waals surface area contributed by atoms with Gasteiger partial charge in [-0.25, -0.2) is 44.7 Å². The highest BCUT2D eigenvalue weighted by molar-refractivity contribution is 7.90. The molecule has 4 heterocycles. The van der Waals surface area contributed by atoms with E-state index in [-0.39, 0.29) is 40.5 Å². The molecule has 0 unspecified atom stereocenters. The summed E-state index contributed by atoms with van der Waals surface area (Å²) >= 11 is 0. The third-order valence-electron chi connectivity index (χ3n) is 12.1. The number of benzene rings is 4.